The summed E-state index contributed by atoms with van der Waals surface area (Å²) in [7, 11) is 1.89. The number of benzene rings is 1. The van der Waals surface area contributed by atoms with Gasteiger partial charge in [0.2, 0.25) is 0 Å². The molecule has 0 unspecified atom stereocenters. The molecule has 1 fully saturated rings. The monoisotopic (exact) mass is 469 g/mol. The molecule has 0 bridgehead atoms. The Labute approximate surface area is 172 Å². The molecule has 1 aliphatic rings. The van der Waals surface area contributed by atoms with Crippen LogP contribution in [0.1, 0.15) is 25.6 Å². The van der Waals surface area contributed by atoms with E-state index in [2.05, 4.69) is 67.9 Å². The van der Waals surface area contributed by atoms with Crippen LogP contribution in [0.5, 0.6) is 0 Å². The van der Waals surface area contributed by atoms with Gasteiger partial charge in [0.1, 0.15) is 18.7 Å². The molecule has 142 valence electrons. The highest BCUT2D eigenvalue weighted by atomic mass is 127. The molecule has 1 saturated heterocycles. The molecule has 2 heterocycles. The van der Waals surface area contributed by atoms with Crippen molar-refractivity contribution in [1.29, 1.82) is 0 Å². The van der Waals surface area contributed by atoms with E-state index in [1.54, 1.807) is 11.0 Å². The highest BCUT2D eigenvalue weighted by Crippen LogP contribution is 2.19. The van der Waals surface area contributed by atoms with Crippen LogP contribution >= 0.6 is 24.0 Å². The van der Waals surface area contributed by atoms with Gasteiger partial charge in [-0.25, -0.2) is 9.98 Å². The van der Waals surface area contributed by atoms with Crippen LogP contribution in [0.25, 0.3) is 0 Å². The number of rotatable bonds is 5. The van der Waals surface area contributed by atoms with Crippen molar-refractivity contribution in [2.75, 3.05) is 24.5 Å². The Morgan fingerprint density at radius 2 is 1.96 bits per heavy atom. The fourth-order valence-electron chi connectivity index (χ4n) is 3.05. The van der Waals surface area contributed by atoms with Crippen molar-refractivity contribution < 1.29 is 0 Å². The molecule has 26 heavy (non-hydrogen) atoms. The summed E-state index contributed by atoms with van der Waals surface area (Å²) < 4.78 is 1.76. The van der Waals surface area contributed by atoms with Gasteiger partial charge in [-0.15, -0.1) is 24.0 Å². The summed E-state index contributed by atoms with van der Waals surface area (Å²) in [6.07, 6.45) is 3.76. The van der Waals surface area contributed by atoms with Gasteiger partial charge < -0.3 is 15.5 Å². The van der Waals surface area contributed by atoms with Crippen molar-refractivity contribution in [1.82, 2.24) is 25.4 Å². The second-order valence-electron chi connectivity index (χ2n) is 6.24. The highest BCUT2D eigenvalue weighted by molar-refractivity contribution is 14.0. The average Bonchev–Trinajstić information content (AvgIpc) is 3.06. The molecule has 2 N–H and O–H groups in total. The van der Waals surface area contributed by atoms with Crippen LogP contribution in [0.4, 0.5) is 5.69 Å². The zero-order valence-electron chi connectivity index (χ0n) is 15.4. The number of hydrogen-bond acceptors (Lipinski definition) is 4. The third-order valence-corrected chi connectivity index (χ3v) is 4.49. The van der Waals surface area contributed by atoms with E-state index in [4.69, 9.17) is 0 Å². The largest absolute Gasteiger partial charge is 0.371 e. The lowest BCUT2D eigenvalue weighted by atomic mass is 10.0. The molecule has 0 saturated carbocycles. The van der Waals surface area contributed by atoms with Crippen molar-refractivity contribution >= 4 is 35.6 Å². The van der Waals surface area contributed by atoms with Gasteiger partial charge in [-0.3, -0.25) is 4.68 Å². The van der Waals surface area contributed by atoms with Crippen LogP contribution in [0.2, 0.25) is 0 Å². The summed E-state index contributed by atoms with van der Waals surface area (Å²) in [5, 5.41) is 11.0. The first-order valence-corrected chi connectivity index (χ1v) is 8.94. The number of para-hydroxylation sites is 1. The van der Waals surface area contributed by atoms with E-state index in [0.717, 1.165) is 44.3 Å². The van der Waals surface area contributed by atoms with Crippen LogP contribution in [0, 0.1) is 0 Å². The molecule has 1 aliphatic heterocycles. The Kier molecular flexibility index (Phi) is 8.14. The average molecular weight is 469 g/mol. The van der Waals surface area contributed by atoms with Gasteiger partial charge in [-0.1, -0.05) is 18.2 Å². The third-order valence-electron chi connectivity index (χ3n) is 4.49. The molecule has 0 atom stereocenters. The smallest absolute Gasteiger partial charge is 0.191 e. The van der Waals surface area contributed by atoms with Crippen molar-refractivity contribution in [2.24, 2.45) is 12.0 Å². The first kappa shape index (κ1) is 20.5. The predicted molar refractivity (Wildman–Crippen MR) is 116 cm³/mol. The SMILES string of the molecule is CCNC(=NCc1ncnn1C)NC1CCN(c2ccccc2)CC1.I. The van der Waals surface area contributed by atoms with Gasteiger partial charge in [0.25, 0.3) is 0 Å². The summed E-state index contributed by atoms with van der Waals surface area (Å²) >= 11 is 0. The van der Waals surface area contributed by atoms with E-state index in [-0.39, 0.29) is 24.0 Å². The quantitative estimate of drug-likeness (QED) is 0.399. The number of guanidine groups is 1. The lowest BCUT2D eigenvalue weighted by molar-refractivity contribution is 0.461. The molecular weight excluding hydrogens is 441 g/mol. The van der Waals surface area contributed by atoms with E-state index in [1.165, 1.54) is 5.69 Å². The molecule has 0 aliphatic carbocycles. The van der Waals surface area contributed by atoms with E-state index < -0.39 is 0 Å². The molecule has 0 amide bonds. The molecule has 0 spiro atoms. The van der Waals surface area contributed by atoms with Crippen LogP contribution in [0.3, 0.4) is 0 Å². The second-order valence-corrected chi connectivity index (χ2v) is 6.24. The minimum absolute atomic E-state index is 0. The topological polar surface area (TPSA) is 70.4 Å². The Bertz CT molecular complexity index is 678. The Morgan fingerprint density at radius 1 is 1.23 bits per heavy atom. The number of nitrogens with one attached hydrogen (secondary N) is 2. The zero-order chi connectivity index (χ0) is 17.5. The normalized spacial score (nSPS) is 15.5. The van der Waals surface area contributed by atoms with Crippen LogP contribution < -0.4 is 15.5 Å². The van der Waals surface area contributed by atoms with Crippen molar-refractivity contribution in [3.05, 3.63) is 42.5 Å². The first-order chi connectivity index (χ1) is 12.3. The van der Waals surface area contributed by atoms with E-state index in [0.29, 0.717) is 12.6 Å². The molecule has 7 nitrogen and oxygen atoms in total. The fraction of sp³-hybridized carbons (Fsp3) is 0.500. The van der Waals surface area contributed by atoms with Crippen LogP contribution in [-0.4, -0.2) is 46.4 Å². The van der Waals surface area contributed by atoms with Gasteiger partial charge in [-0.05, 0) is 31.9 Å². The lowest BCUT2D eigenvalue weighted by Crippen LogP contribution is -2.48. The maximum absolute atomic E-state index is 4.65. The number of aryl methyl sites for hydroxylation is 1. The zero-order valence-corrected chi connectivity index (χ0v) is 17.8. The first-order valence-electron chi connectivity index (χ1n) is 8.94. The van der Waals surface area contributed by atoms with Gasteiger partial charge >= 0.3 is 0 Å². The molecule has 3 rings (SSSR count). The number of aromatic nitrogens is 3. The van der Waals surface area contributed by atoms with Crippen LogP contribution in [0.15, 0.2) is 41.7 Å². The fourth-order valence-corrected chi connectivity index (χ4v) is 3.05. The summed E-state index contributed by atoms with van der Waals surface area (Å²) in [6.45, 7) is 5.56. The predicted octanol–water partition coefficient (Wildman–Crippen LogP) is 2.16. The van der Waals surface area contributed by atoms with Gasteiger partial charge in [0.05, 0.1) is 0 Å². The molecule has 2 aromatic rings. The van der Waals surface area contributed by atoms with Crippen molar-refractivity contribution in [3.8, 4) is 0 Å². The molecule has 8 heteroatoms. The van der Waals surface area contributed by atoms with Crippen LogP contribution in [-0.2, 0) is 13.6 Å². The van der Waals surface area contributed by atoms with E-state index in [9.17, 15) is 0 Å². The number of nitrogens with zero attached hydrogens (tertiary/aromatic N) is 5. The second kappa shape index (κ2) is 10.3. The van der Waals surface area contributed by atoms with E-state index >= 15 is 0 Å². The van der Waals surface area contributed by atoms with Gasteiger partial charge in [0.15, 0.2) is 5.96 Å². The highest BCUT2D eigenvalue weighted by Gasteiger charge is 2.20. The summed E-state index contributed by atoms with van der Waals surface area (Å²) in [5.41, 5.74) is 1.31. The molecule has 0 radical (unpaired) electrons. The number of halogens is 1. The maximum atomic E-state index is 4.65. The number of aliphatic imine (C=N–C) groups is 1. The third kappa shape index (κ3) is 5.58. The molecule has 1 aromatic carbocycles. The maximum Gasteiger partial charge on any atom is 0.191 e. The lowest BCUT2D eigenvalue weighted by Gasteiger charge is -2.34. The summed E-state index contributed by atoms with van der Waals surface area (Å²) in [4.78, 5) is 11.3. The summed E-state index contributed by atoms with van der Waals surface area (Å²) in [6, 6.07) is 11.1. The number of hydrogen-bond donors (Lipinski definition) is 2. The van der Waals surface area contributed by atoms with Crippen molar-refractivity contribution in [3.63, 3.8) is 0 Å². The van der Waals surface area contributed by atoms with Gasteiger partial charge in [0, 0.05) is 38.4 Å². The summed E-state index contributed by atoms with van der Waals surface area (Å²) in [5.74, 6) is 1.71. The number of piperidine rings is 1. The minimum atomic E-state index is 0. The standard InChI is InChI=1S/C18H27N7.HI/c1-3-19-18(20-13-17-21-14-22-24(17)2)23-15-9-11-25(12-10-15)16-7-5-4-6-8-16;/h4-8,14-15H,3,9-13H2,1-2H3,(H2,19,20,23);1H. The Hall–Kier alpha value is -1.84. The number of anilines is 1. The Balaban J connectivity index is 0.00000243. The molecular formula is C18H28IN7. The minimum Gasteiger partial charge on any atom is -0.371 e. The molecule has 1 aromatic heterocycles. The Morgan fingerprint density at radius 3 is 2.58 bits per heavy atom. The van der Waals surface area contributed by atoms with Crippen molar-refractivity contribution in [2.45, 2.75) is 32.4 Å². The van der Waals surface area contributed by atoms with Gasteiger partial charge in [-0.2, -0.15) is 5.10 Å². The van der Waals surface area contributed by atoms with E-state index in [1.807, 2.05) is 7.05 Å².